The van der Waals surface area contributed by atoms with Gasteiger partial charge in [0, 0.05) is 6.54 Å². The number of nitrogens with zero attached hydrogens (tertiary/aromatic N) is 2. The maximum Gasteiger partial charge on any atom is 0.173 e. The lowest BCUT2D eigenvalue weighted by molar-refractivity contribution is 0.251. The van der Waals surface area contributed by atoms with E-state index in [1.165, 1.54) is 0 Å². The minimum Gasteiger partial charge on any atom is -0.395 e. The third-order valence-electron chi connectivity index (χ3n) is 2.16. The van der Waals surface area contributed by atoms with E-state index in [-0.39, 0.29) is 9.84 Å². The highest BCUT2D eigenvalue weighted by atomic mass is 28.2. The number of aliphatic hydroxyl groups excluding tert-OH is 1. The molecule has 0 aromatic rings. The maximum atomic E-state index is 8.79. The van der Waals surface area contributed by atoms with Gasteiger partial charge in [-0.1, -0.05) is 20.8 Å². The summed E-state index contributed by atoms with van der Waals surface area (Å²) in [5, 5.41) is 8.79. The predicted molar refractivity (Wildman–Crippen MR) is 55.8 cm³/mol. The van der Waals surface area contributed by atoms with E-state index in [1.807, 2.05) is 0 Å². The Balaban J connectivity index is 3.65. The molecule has 3 nitrogen and oxygen atoms in total. The van der Waals surface area contributed by atoms with E-state index in [2.05, 4.69) is 29.9 Å². The van der Waals surface area contributed by atoms with Gasteiger partial charge < -0.3 is 14.2 Å². The maximum absolute atomic E-state index is 8.79. The van der Waals surface area contributed by atoms with E-state index < -0.39 is 0 Å². The average molecular weight is 190 g/mol. The lowest BCUT2D eigenvalue weighted by Gasteiger charge is -2.26. The SMILES string of the molecule is CCN(CC)[SiH2]N(CC)CCO. The Morgan fingerprint density at radius 2 is 1.50 bits per heavy atom. The summed E-state index contributed by atoms with van der Waals surface area (Å²) in [6, 6.07) is 0. The lowest BCUT2D eigenvalue weighted by Crippen LogP contribution is -2.42. The van der Waals surface area contributed by atoms with Gasteiger partial charge in [-0.05, 0) is 19.6 Å². The Morgan fingerprint density at radius 3 is 1.83 bits per heavy atom. The quantitative estimate of drug-likeness (QED) is 0.556. The molecule has 0 atom stereocenters. The first-order valence-corrected chi connectivity index (χ1v) is 6.10. The Bertz CT molecular complexity index is 99.1. The van der Waals surface area contributed by atoms with Crippen molar-refractivity contribution in [1.29, 1.82) is 0 Å². The molecule has 0 amide bonds. The van der Waals surface area contributed by atoms with Crippen molar-refractivity contribution in [2.24, 2.45) is 0 Å². The molecular weight excluding hydrogens is 168 g/mol. The number of rotatable bonds is 7. The number of aliphatic hydroxyl groups is 1. The normalized spacial score (nSPS) is 12.5. The molecule has 0 unspecified atom stereocenters. The van der Waals surface area contributed by atoms with Crippen LogP contribution < -0.4 is 0 Å². The highest BCUT2D eigenvalue weighted by Crippen LogP contribution is 1.90. The van der Waals surface area contributed by atoms with E-state index in [0.717, 1.165) is 26.2 Å². The van der Waals surface area contributed by atoms with E-state index in [1.54, 1.807) is 0 Å². The zero-order valence-corrected chi connectivity index (χ0v) is 10.00. The third-order valence-corrected chi connectivity index (χ3v) is 4.62. The molecule has 0 aliphatic heterocycles. The van der Waals surface area contributed by atoms with Gasteiger partial charge in [0.1, 0.15) is 0 Å². The second-order valence-electron chi connectivity index (χ2n) is 2.88. The molecule has 0 spiro atoms. The summed E-state index contributed by atoms with van der Waals surface area (Å²) in [6.45, 7) is 11.1. The fourth-order valence-electron chi connectivity index (χ4n) is 1.18. The number of hydrogen-bond donors (Lipinski definition) is 1. The highest BCUT2D eigenvalue weighted by molar-refractivity contribution is 6.28. The minimum atomic E-state index is -0.265. The van der Waals surface area contributed by atoms with Crippen LogP contribution in [0, 0.1) is 0 Å². The van der Waals surface area contributed by atoms with E-state index in [9.17, 15) is 0 Å². The summed E-state index contributed by atoms with van der Waals surface area (Å²) in [6.07, 6.45) is 0. The zero-order valence-electron chi connectivity index (χ0n) is 8.58. The van der Waals surface area contributed by atoms with Crippen LogP contribution in [-0.2, 0) is 0 Å². The summed E-state index contributed by atoms with van der Waals surface area (Å²) in [7, 11) is -0.265. The van der Waals surface area contributed by atoms with Crippen LogP contribution in [0.1, 0.15) is 20.8 Å². The van der Waals surface area contributed by atoms with Crippen molar-refractivity contribution in [3.63, 3.8) is 0 Å². The molecule has 0 aliphatic carbocycles. The zero-order chi connectivity index (χ0) is 9.40. The summed E-state index contributed by atoms with van der Waals surface area (Å²) >= 11 is 0. The van der Waals surface area contributed by atoms with Crippen LogP contribution in [-0.4, -0.2) is 56.9 Å². The van der Waals surface area contributed by atoms with Crippen molar-refractivity contribution in [1.82, 2.24) is 9.13 Å². The fraction of sp³-hybridized carbons (Fsp3) is 1.00. The second kappa shape index (κ2) is 7.73. The molecule has 0 aliphatic rings. The minimum absolute atomic E-state index is 0.265. The predicted octanol–water partition coefficient (Wildman–Crippen LogP) is -0.359. The van der Waals surface area contributed by atoms with Crippen molar-refractivity contribution < 1.29 is 5.11 Å². The van der Waals surface area contributed by atoms with Gasteiger partial charge in [-0.25, -0.2) is 0 Å². The second-order valence-corrected chi connectivity index (χ2v) is 4.95. The van der Waals surface area contributed by atoms with Gasteiger partial charge in [0.05, 0.1) is 6.61 Å². The summed E-state index contributed by atoms with van der Waals surface area (Å²) in [4.78, 5) is 0. The Kier molecular flexibility index (Phi) is 7.79. The van der Waals surface area contributed by atoms with Gasteiger partial charge in [-0.15, -0.1) is 0 Å². The molecule has 74 valence electrons. The van der Waals surface area contributed by atoms with Gasteiger partial charge in [0.25, 0.3) is 0 Å². The van der Waals surface area contributed by atoms with Crippen LogP contribution in [0.2, 0.25) is 0 Å². The molecule has 0 fully saturated rings. The topological polar surface area (TPSA) is 26.7 Å². The largest absolute Gasteiger partial charge is 0.395 e. The van der Waals surface area contributed by atoms with Crippen molar-refractivity contribution >= 4 is 9.84 Å². The van der Waals surface area contributed by atoms with Crippen molar-refractivity contribution in [3.05, 3.63) is 0 Å². The molecule has 0 aromatic carbocycles. The molecule has 0 saturated heterocycles. The molecule has 0 heterocycles. The third kappa shape index (κ3) is 4.87. The van der Waals surface area contributed by atoms with Gasteiger partial charge in [-0.2, -0.15) is 0 Å². The van der Waals surface area contributed by atoms with Gasteiger partial charge >= 0.3 is 0 Å². The first-order valence-electron chi connectivity index (χ1n) is 4.83. The van der Waals surface area contributed by atoms with E-state index in [4.69, 9.17) is 5.11 Å². The first kappa shape index (κ1) is 12.1. The Hall–Kier alpha value is 0.0969. The average Bonchev–Trinajstić information content (AvgIpc) is 2.12. The molecule has 0 saturated carbocycles. The van der Waals surface area contributed by atoms with Crippen LogP contribution in [0.4, 0.5) is 0 Å². The van der Waals surface area contributed by atoms with Crippen molar-refractivity contribution in [2.45, 2.75) is 20.8 Å². The monoisotopic (exact) mass is 190 g/mol. The molecular formula is C8H22N2OSi. The molecule has 0 rings (SSSR count). The summed E-state index contributed by atoms with van der Waals surface area (Å²) < 4.78 is 4.87. The van der Waals surface area contributed by atoms with Crippen molar-refractivity contribution in [3.8, 4) is 0 Å². The standard InChI is InChI=1S/C8H22N2OSi/c1-4-9(5-2)12-10(6-3)7-8-11/h11H,4-8,12H2,1-3H3. The summed E-state index contributed by atoms with van der Waals surface area (Å²) in [5.74, 6) is 0. The van der Waals surface area contributed by atoms with Crippen LogP contribution in [0.25, 0.3) is 0 Å². The highest BCUT2D eigenvalue weighted by Gasteiger charge is 2.06. The Labute approximate surface area is 78.3 Å². The molecule has 4 heteroatoms. The van der Waals surface area contributed by atoms with E-state index in [0.29, 0.717) is 6.61 Å². The van der Waals surface area contributed by atoms with Gasteiger partial charge in [0.2, 0.25) is 0 Å². The number of likely N-dealkylation sites (N-methyl/N-ethyl adjacent to an activating group) is 1. The van der Waals surface area contributed by atoms with Crippen LogP contribution in [0.3, 0.4) is 0 Å². The van der Waals surface area contributed by atoms with Crippen LogP contribution in [0.15, 0.2) is 0 Å². The number of hydrogen-bond acceptors (Lipinski definition) is 3. The molecule has 12 heavy (non-hydrogen) atoms. The van der Waals surface area contributed by atoms with Crippen molar-refractivity contribution in [2.75, 3.05) is 32.8 Å². The van der Waals surface area contributed by atoms with Gasteiger partial charge in [-0.3, -0.25) is 0 Å². The molecule has 0 aromatic heterocycles. The van der Waals surface area contributed by atoms with Gasteiger partial charge in [0.15, 0.2) is 9.84 Å². The Morgan fingerprint density at radius 1 is 1.00 bits per heavy atom. The fourth-order valence-corrected chi connectivity index (χ4v) is 2.63. The molecule has 0 radical (unpaired) electrons. The van der Waals surface area contributed by atoms with E-state index >= 15 is 0 Å². The van der Waals surface area contributed by atoms with Crippen LogP contribution >= 0.6 is 0 Å². The summed E-state index contributed by atoms with van der Waals surface area (Å²) in [5.41, 5.74) is 0. The lowest BCUT2D eigenvalue weighted by atomic mass is 10.6. The van der Waals surface area contributed by atoms with Crippen LogP contribution in [0.5, 0.6) is 0 Å². The first-order chi connectivity index (χ1) is 5.78. The molecule has 0 bridgehead atoms. The smallest absolute Gasteiger partial charge is 0.173 e. The molecule has 1 N–H and O–H groups in total.